The third-order valence-electron chi connectivity index (χ3n) is 1.77. The number of aliphatic hydroxyl groups is 1. The minimum Gasteiger partial charge on any atom is -0.469 e. The zero-order valence-electron chi connectivity index (χ0n) is 8.88. The summed E-state index contributed by atoms with van der Waals surface area (Å²) in [4.78, 5) is 10.7. The molecule has 0 bridgehead atoms. The van der Waals surface area contributed by atoms with E-state index in [-0.39, 0.29) is 12.4 Å². The Kier molecular flexibility index (Phi) is 7.96. The van der Waals surface area contributed by atoms with E-state index < -0.39 is 6.10 Å². The van der Waals surface area contributed by atoms with Gasteiger partial charge in [0, 0.05) is 12.8 Å². The number of aliphatic hydroxyl groups excluding tert-OH is 1. The molecule has 1 atom stereocenters. The summed E-state index contributed by atoms with van der Waals surface area (Å²) >= 11 is 0. The van der Waals surface area contributed by atoms with Gasteiger partial charge in [0.25, 0.3) is 0 Å². The predicted molar refractivity (Wildman–Crippen MR) is 54.6 cm³/mol. The number of unbranched alkanes of at least 4 members (excludes halogenated alkanes) is 2. The summed E-state index contributed by atoms with van der Waals surface area (Å²) in [6.07, 6.45) is 2.84. The lowest BCUT2D eigenvalue weighted by Gasteiger charge is -2.01. The number of methoxy groups -OCH3 is 1. The van der Waals surface area contributed by atoms with Gasteiger partial charge in [-0.1, -0.05) is 19.3 Å². The van der Waals surface area contributed by atoms with Crippen LogP contribution in [0.3, 0.4) is 0 Å². The molecular formula is C11H18O3. The van der Waals surface area contributed by atoms with Crippen LogP contribution in [0.4, 0.5) is 0 Å². The first-order valence-electron chi connectivity index (χ1n) is 4.94. The van der Waals surface area contributed by atoms with Gasteiger partial charge in [-0.05, 0) is 12.8 Å². The quantitative estimate of drug-likeness (QED) is 0.413. The van der Waals surface area contributed by atoms with E-state index in [9.17, 15) is 9.90 Å². The Bertz CT molecular complexity index is 212. The molecule has 0 heterocycles. The van der Waals surface area contributed by atoms with Crippen LogP contribution in [-0.4, -0.2) is 24.3 Å². The summed E-state index contributed by atoms with van der Waals surface area (Å²) in [5.41, 5.74) is 0. The molecule has 0 aliphatic heterocycles. The van der Waals surface area contributed by atoms with Gasteiger partial charge in [-0.3, -0.25) is 4.79 Å². The molecule has 0 amide bonds. The molecule has 0 aromatic rings. The van der Waals surface area contributed by atoms with Crippen molar-refractivity contribution in [1.29, 1.82) is 0 Å². The molecule has 0 aromatic heterocycles. The van der Waals surface area contributed by atoms with Crippen molar-refractivity contribution in [3.8, 4) is 11.8 Å². The average molecular weight is 198 g/mol. The van der Waals surface area contributed by atoms with E-state index >= 15 is 0 Å². The van der Waals surface area contributed by atoms with Crippen LogP contribution in [-0.2, 0) is 9.53 Å². The fraction of sp³-hybridized carbons (Fsp3) is 0.727. The molecule has 3 heteroatoms. The van der Waals surface area contributed by atoms with Crippen molar-refractivity contribution in [3.63, 3.8) is 0 Å². The summed E-state index contributed by atoms with van der Waals surface area (Å²) in [6.45, 7) is 2.09. The van der Waals surface area contributed by atoms with Crippen LogP contribution in [0.1, 0.15) is 39.0 Å². The molecule has 3 nitrogen and oxygen atoms in total. The van der Waals surface area contributed by atoms with Crippen molar-refractivity contribution in [3.05, 3.63) is 0 Å². The molecule has 0 aromatic carbocycles. The summed E-state index contributed by atoms with van der Waals surface area (Å²) < 4.78 is 4.45. The highest BCUT2D eigenvalue weighted by Gasteiger charge is 2.04. The number of carbonyl (C=O) groups excluding carboxylic acids is 1. The van der Waals surface area contributed by atoms with Crippen molar-refractivity contribution in [2.45, 2.75) is 45.1 Å². The van der Waals surface area contributed by atoms with Gasteiger partial charge < -0.3 is 9.84 Å². The molecule has 0 fully saturated rings. The summed E-state index contributed by atoms with van der Waals surface area (Å²) in [7, 11) is 1.33. The SMILES string of the molecule is CCCCC#CC(O)CCC(=O)OC. The number of esters is 1. The van der Waals surface area contributed by atoms with Crippen molar-refractivity contribution in [2.24, 2.45) is 0 Å². The van der Waals surface area contributed by atoms with Gasteiger partial charge in [0.2, 0.25) is 0 Å². The maximum Gasteiger partial charge on any atom is 0.305 e. The summed E-state index contributed by atoms with van der Waals surface area (Å²) in [5.74, 6) is 5.26. The zero-order valence-corrected chi connectivity index (χ0v) is 8.88. The Hall–Kier alpha value is -1.01. The first kappa shape index (κ1) is 13.0. The standard InChI is InChI=1S/C11H18O3/c1-3-4-5-6-7-10(12)8-9-11(13)14-2/h10,12H,3-5,8-9H2,1-2H3. The molecule has 0 saturated carbocycles. The smallest absolute Gasteiger partial charge is 0.305 e. The molecular weight excluding hydrogens is 180 g/mol. The lowest BCUT2D eigenvalue weighted by molar-refractivity contribution is -0.141. The number of rotatable bonds is 5. The molecule has 1 N–H and O–H groups in total. The van der Waals surface area contributed by atoms with Crippen LogP contribution in [0.2, 0.25) is 0 Å². The van der Waals surface area contributed by atoms with Gasteiger partial charge in [-0.2, -0.15) is 0 Å². The van der Waals surface area contributed by atoms with Gasteiger partial charge in [0.1, 0.15) is 6.10 Å². The van der Waals surface area contributed by atoms with Crippen LogP contribution in [0.15, 0.2) is 0 Å². The molecule has 0 aliphatic rings. The van der Waals surface area contributed by atoms with Gasteiger partial charge in [0.15, 0.2) is 0 Å². The van der Waals surface area contributed by atoms with E-state index in [0.717, 1.165) is 19.3 Å². The molecule has 14 heavy (non-hydrogen) atoms. The highest BCUT2D eigenvalue weighted by atomic mass is 16.5. The predicted octanol–water partition coefficient (Wildman–Crippen LogP) is 1.49. The van der Waals surface area contributed by atoms with Crippen LogP contribution >= 0.6 is 0 Å². The molecule has 0 rings (SSSR count). The second kappa shape index (κ2) is 8.58. The Balaban J connectivity index is 3.56. The van der Waals surface area contributed by atoms with E-state index in [1.807, 2.05) is 0 Å². The second-order valence-corrected chi connectivity index (χ2v) is 3.06. The molecule has 0 radical (unpaired) electrons. The summed E-state index contributed by atoms with van der Waals surface area (Å²) in [5, 5.41) is 9.31. The van der Waals surface area contributed by atoms with Crippen LogP contribution in [0.25, 0.3) is 0 Å². The zero-order chi connectivity index (χ0) is 10.8. The van der Waals surface area contributed by atoms with Gasteiger partial charge in [-0.15, -0.1) is 5.92 Å². The van der Waals surface area contributed by atoms with E-state index in [4.69, 9.17) is 0 Å². The highest BCUT2D eigenvalue weighted by molar-refractivity contribution is 5.69. The van der Waals surface area contributed by atoms with Crippen molar-refractivity contribution in [1.82, 2.24) is 0 Å². The van der Waals surface area contributed by atoms with Crippen molar-refractivity contribution < 1.29 is 14.6 Å². The normalized spacial score (nSPS) is 11.4. The van der Waals surface area contributed by atoms with E-state index in [1.54, 1.807) is 0 Å². The second-order valence-electron chi connectivity index (χ2n) is 3.06. The number of ether oxygens (including phenoxy) is 1. The number of hydrogen-bond donors (Lipinski definition) is 1. The maximum atomic E-state index is 10.7. The fourth-order valence-electron chi connectivity index (χ4n) is 0.884. The minimum absolute atomic E-state index is 0.222. The van der Waals surface area contributed by atoms with Crippen LogP contribution < -0.4 is 0 Å². The summed E-state index contributed by atoms with van der Waals surface area (Å²) in [6, 6.07) is 0. The molecule has 0 saturated heterocycles. The van der Waals surface area contributed by atoms with Gasteiger partial charge in [-0.25, -0.2) is 0 Å². The van der Waals surface area contributed by atoms with Crippen LogP contribution in [0, 0.1) is 11.8 Å². The fourth-order valence-corrected chi connectivity index (χ4v) is 0.884. The molecule has 0 aliphatic carbocycles. The molecule has 0 spiro atoms. The van der Waals surface area contributed by atoms with Crippen LogP contribution in [0.5, 0.6) is 0 Å². The first-order valence-corrected chi connectivity index (χ1v) is 4.94. The Morgan fingerprint density at radius 3 is 2.86 bits per heavy atom. The first-order chi connectivity index (χ1) is 6.70. The molecule has 80 valence electrons. The lowest BCUT2D eigenvalue weighted by Crippen LogP contribution is -2.08. The van der Waals surface area contributed by atoms with Crippen molar-refractivity contribution >= 4 is 5.97 Å². The Morgan fingerprint density at radius 2 is 2.29 bits per heavy atom. The Labute approximate surface area is 85.5 Å². The third-order valence-corrected chi connectivity index (χ3v) is 1.77. The highest BCUT2D eigenvalue weighted by Crippen LogP contribution is 1.98. The van der Waals surface area contributed by atoms with E-state index in [2.05, 4.69) is 23.5 Å². The third kappa shape index (κ3) is 7.63. The maximum absolute atomic E-state index is 10.7. The number of hydrogen-bond acceptors (Lipinski definition) is 3. The van der Waals surface area contributed by atoms with Crippen molar-refractivity contribution in [2.75, 3.05) is 7.11 Å². The lowest BCUT2D eigenvalue weighted by atomic mass is 10.2. The van der Waals surface area contributed by atoms with E-state index in [1.165, 1.54) is 7.11 Å². The van der Waals surface area contributed by atoms with Gasteiger partial charge in [0.05, 0.1) is 7.11 Å². The monoisotopic (exact) mass is 198 g/mol. The minimum atomic E-state index is -0.703. The van der Waals surface area contributed by atoms with E-state index in [0.29, 0.717) is 6.42 Å². The molecule has 1 unspecified atom stereocenters. The topological polar surface area (TPSA) is 46.5 Å². The average Bonchev–Trinajstić information content (AvgIpc) is 2.21. The largest absolute Gasteiger partial charge is 0.469 e. The number of carbonyl (C=O) groups is 1. The van der Waals surface area contributed by atoms with Gasteiger partial charge >= 0.3 is 5.97 Å². The Morgan fingerprint density at radius 1 is 1.57 bits per heavy atom.